The summed E-state index contributed by atoms with van der Waals surface area (Å²) < 4.78 is 15.8. The minimum atomic E-state index is -2.12. The maximum atomic E-state index is 12.1. The van der Waals surface area contributed by atoms with Crippen molar-refractivity contribution >= 4 is 5.97 Å². The van der Waals surface area contributed by atoms with E-state index in [9.17, 15) is 30.3 Å². The highest BCUT2D eigenvalue weighted by atomic mass is 16.7. The van der Waals surface area contributed by atoms with Crippen LogP contribution in [0.2, 0.25) is 0 Å². The van der Waals surface area contributed by atoms with Crippen molar-refractivity contribution in [2.24, 2.45) is 5.92 Å². The fourth-order valence-corrected chi connectivity index (χ4v) is 2.49. The lowest BCUT2D eigenvalue weighted by Gasteiger charge is -2.41. The molecular weight excluding hydrogens is 362 g/mol. The summed E-state index contributed by atoms with van der Waals surface area (Å²) in [6, 6.07) is 1.98. The molecule has 5 N–H and O–H groups in total. The normalized spacial score (nSPS) is 34.0. The maximum absolute atomic E-state index is 12.1. The number of hydrogen-bond acceptors (Lipinski definition) is 10. The van der Waals surface area contributed by atoms with E-state index in [1.165, 1.54) is 13.8 Å². The van der Waals surface area contributed by atoms with Crippen LogP contribution in [0.5, 0.6) is 0 Å². The lowest BCUT2D eigenvalue weighted by Crippen LogP contribution is -2.60. The third-order valence-electron chi connectivity index (χ3n) is 4.89. The molecule has 1 heterocycles. The average molecular weight is 391 g/mol. The van der Waals surface area contributed by atoms with Crippen LogP contribution in [0, 0.1) is 17.2 Å². The molecule has 0 amide bonds. The number of rotatable bonds is 8. The number of hydrogen-bond donors (Lipinski definition) is 5. The number of nitrogens with zero attached hydrogens (tertiary/aromatic N) is 1. The summed E-state index contributed by atoms with van der Waals surface area (Å²) in [5, 5.41) is 58.7. The molecule has 0 radical (unpaired) electrons. The first-order valence-electron chi connectivity index (χ1n) is 8.81. The third-order valence-corrected chi connectivity index (χ3v) is 4.89. The summed E-state index contributed by atoms with van der Waals surface area (Å²) in [6.45, 7) is 5.35. The molecule has 0 aromatic rings. The third kappa shape index (κ3) is 5.36. The lowest BCUT2D eigenvalue weighted by molar-refractivity contribution is -0.313. The van der Waals surface area contributed by atoms with E-state index in [2.05, 4.69) is 0 Å². The molecule has 1 aliphatic rings. The fraction of sp³-hybridized carbons (Fsp3) is 0.882. The zero-order valence-corrected chi connectivity index (χ0v) is 15.8. The van der Waals surface area contributed by atoms with Crippen LogP contribution in [0.3, 0.4) is 0 Å². The summed E-state index contributed by atoms with van der Waals surface area (Å²) in [5.74, 6) is -1.63. The van der Waals surface area contributed by atoms with Crippen LogP contribution >= 0.6 is 0 Å². The second kappa shape index (κ2) is 9.75. The molecule has 0 unspecified atom stereocenters. The number of ether oxygens (including phenoxy) is 3. The maximum Gasteiger partial charge on any atom is 0.340 e. The number of nitriles is 1. The zero-order chi connectivity index (χ0) is 20.9. The summed E-state index contributed by atoms with van der Waals surface area (Å²) >= 11 is 0. The van der Waals surface area contributed by atoms with Crippen molar-refractivity contribution in [3.63, 3.8) is 0 Å². The predicted molar refractivity (Wildman–Crippen MR) is 89.9 cm³/mol. The van der Waals surface area contributed by atoms with Crippen molar-refractivity contribution in [2.75, 3.05) is 6.61 Å². The van der Waals surface area contributed by atoms with Crippen LogP contribution in [0.4, 0.5) is 0 Å². The van der Waals surface area contributed by atoms with E-state index in [0.717, 1.165) is 0 Å². The van der Waals surface area contributed by atoms with Crippen LogP contribution < -0.4 is 0 Å². The molecule has 0 aromatic heterocycles. The molecule has 1 saturated heterocycles. The molecule has 10 heteroatoms. The highest BCUT2D eigenvalue weighted by molar-refractivity contribution is 5.80. The van der Waals surface area contributed by atoms with Gasteiger partial charge in [-0.1, -0.05) is 6.92 Å². The molecule has 0 saturated carbocycles. The van der Waals surface area contributed by atoms with Crippen molar-refractivity contribution in [3.8, 4) is 6.07 Å². The van der Waals surface area contributed by atoms with Gasteiger partial charge in [0.25, 0.3) is 0 Å². The Labute approximate surface area is 157 Å². The molecule has 27 heavy (non-hydrogen) atoms. The van der Waals surface area contributed by atoms with E-state index in [-0.39, 0.29) is 6.42 Å². The quantitative estimate of drug-likeness (QED) is 0.304. The number of carbonyl (C=O) groups excluding carboxylic acids is 1. The van der Waals surface area contributed by atoms with Gasteiger partial charge in [-0.15, -0.1) is 0 Å². The predicted octanol–water partition coefficient (Wildman–Crippen LogP) is -1.58. The van der Waals surface area contributed by atoms with Gasteiger partial charge in [-0.25, -0.2) is 4.79 Å². The first kappa shape index (κ1) is 23.7. The minimum Gasteiger partial charge on any atom is -0.461 e. The summed E-state index contributed by atoms with van der Waals surface area (Å²) in [7, 11) is 0. The molecule has 0 aliphatic carbocycles. The molecule has 156 valence electrons. The van der Waals surface area contributed by atoms with Gasteiger partial charge < -0.3 is 39.7 Å². The zero-order valence-electron chi connectivity index (χ0n) is 15.8. The molecule has 1 rings (SSSR count). The second-order valence-corrected chi connectivity index (χ2v) is 6.83. The van der Waals surface area contributed by atoms with Gasteiger partial charge in [0.1, 0.15) is 31.0 Å². The van der Waals surface area contributed by atoms with Gasteiger partial charge in [-0.3, -0.25) is 0 Å². The topological polar surface area (TPSA) is 170 Å². The van der Waals surface area contributed by atoms with Crippen LogP contribution in [0.25, 0.3) is 0 Å². The lowest BCUT2D eigenvalue weighted by atomic mass is 9.95. The van der Waals surface area contributed by atoms with Crippen molar-refractivity contribution in [1.82, 2.24) is 0 Å². The molecule has 1 aliphatic heterocycles. The Kier molecular flexibility index (Phi) is 8.56. The van der Waals surface area contributed by atoms with E-state index >= 15 is 0 Å². The molecule has 10 nitrogen and oxygen atoms in total. The van der Waals surface area contributed by atoms with Gasteiger partial charge >= 0.3 is 5.97 Å². The van der Waals surface area contributed by atoms with Gasteiger partial charge in [0.05, 0.1) is 24.2 Å². The van der Waals surface area contributed by atoms with Gasteiger partial charge in [0, 0.05) is 0 Å². The number of aliphatic hydroxyl groups is 5. The molecule has 0 aromatic carbocycles. The van der Waals surface area contributed by atoms with Crippen molar-refractivity contribution < 1.29 is 44.5 Å². The van der Waals surface area contributed by atoms with Crippen molar-refractivity contribution in [1.29, 1.82) is 5.26 Å². The van der Waals surface area contributed by atoms with Crippen LogP contribution in [0.1, 0.15) is 34.1 Å². The summed E-state index contributed by atoms with van der Waals surface area (Å²) in [5.41, 5.74) is -2.12. The number of carbonyl (C=O) groups is 1. The first-order valence-corrected chi connectivity index (χ1v) is 8.81. The Morgan fingerprint density at radius 3 is 2.30 bits per heavy atom. The van der Waals surface area contributed by atoms with Crippen LogP contribution in [0.15, 0.2) is 0 Å². The molecule has 0 spiro atoms. The molecule has 1 fully saturated rings. The van der Waals surface area contributed by atoms with Crippen LogP contribution in [-0.2, 0) is 19.0 Å². The monoisotopic (exact) mass is 391 g/mol. The van der Waals surface area contributed by atoms with E-state index in [0.29, 0.717) is 0 Å². The average Bonchev–Trinajstić information content (AvgIpc) is 2.65. The molecule has 9 atom stereocenters. The van der Waals surface area contributed by atoms with Gasteiger partial charge in [0.15, 0.2) is 11.9 Å². The van der Waals surface area contributed by atoms with E-state index < -0.39 is 67.0 Å². The van der Waals surface area contributed by atoms with Gasteiger partial charge in [-0.05, 0) is 27.2 Å². The summed E-state index contributed by atoms with van der Waals surface area (Å²) in [4.78, 5) is 12.1. The van der Waals surface area contributed by atoms with Crippen LogP contribution in [-0.4, -0.2) is 86.6 Å². The van der Waals surface area contributed by atoms with Crippen molar-refractivity contribution in [2.45, 2.75) is 82.6 Å². The van der Waals surface area contributed by atoms with E-state index in [1.54, 1.807) is 13.8 Å². The fourth-order valence-electron chi connectivity index (χ4n) is 2.49. The van der Waals surface area contributed by atoms with E-state index in [1.807, 2.05) is 6.07 Å². The van der Waals surface area contributed by atoms with Gasteiger partial charge in [-0.2, -0.15) is 5.26 Å². The standard InChI is InChI=1S/C17H29NO9/c1-5-17(24,10(4)19)16(23)25-7-11-12(20)13(21)14(22)15(27-11)26-9(3)8(2)6-18/h8-15,19-22,24H,5,7H2,1-4H3/t8-,9+,10+,11+,12+,13-,14+,15+,17-/m0/s1. The SMILES string of the molecule is CC[C@@](O)(C(=O)OC[C@H]1O[C@@H](O[C@H](C)[C@@H](C)C#N)[C@H](O)[C@@H](O)[C@@H]1O)[C@@H](C)O. The first-order chi connectivity index (χ1) is 12.5. The Morgan fingerprint density at radius 1 is 1.22 bits per heavy atom. The summed E-state index contributed by atoms with van der Waals surface area (Å²) in [6.07, 6.45) is -9.54. The Hall–Kier alpha value is -1.32. The number of aliphatic hydroxyl groups excluding tert-OH is 4. The highest BCUT2D eigenvalue weighted by Gasteiger charge is 2.47. The minimum absolute atomic E-state index is 0.103. The van der Waals surface area contributed by atoms with Crippen molar-refractivity contribution in [3.05, 3.63) is 0 Å². The Morgan fingerprint density at radius 2 is 1.81 bits per heavy atom. The Bertz CT molecular complexity index is 537. The second-order valence-electron chi connectivity index (χ2n) is 6.83. The van der Waals surface area contributed by atoms with Gasteiger partial charge in [0.2, 0.25) is 0 Å². The highest BCUT2D eigenvalue weighted by Crippen LogP contribution is 2.25. The number of esters is 1. The molecule has 0 bridgehead atoms. The smallest absolute Gasteiger partial charge is 0.340 e. The van der Waals surface area contributed by atoms with E-state index in [4.69, 9.17) is 19.5 Å². The Balaban J connectivity index is 2.79. The largest absolute Gasteiger partial charge is 0.461 e. The molecular formula is C17H29NO9.